The van der Waals surface area contributed by atoms with Crippen molar-refractivity contribution in [3.05, 3.63) is 87.6 Å². The second-order valence-corrected chi connectivity index (χ2v) is 9.26. The summed E-state index contributed by atoms with van der Waals surface area (Å²) in [6.07, 6.45) is 4.95. The predicted octanol–water partition coefficient (Wildman–Crippen LogP) is 5.28. The van der Waals surface area contributed by atoms with Crippen LogP contribution >= 0.6 is 0 Å². The molecule has 36 heavy (non-hydrogen) atoms. The molecule has 0 fully saturated rings. The number of hydrogen-bond donors (Lipinski definition) is 0. The van der Waals surface area contributed by atoms with Crippen LogP contribution in [0.3, 0.4) is 0 Å². The Morgan fingerprint density at radius 2 is 1.67 bits per heavy atom. The van der Waals surface area contributed by atoms with Gasteiger partial charge < -0.3 is 9.47 Å². The van der Waals surface area contributed by atoms with E-state index in [-0.39, 0.29) is 12.2 Å². The number of imidazole rings is 1. The van der Waals surface area contributed by atoms with Crippen molar-refractivity contribution < 1.29 is 23.0 Å². The van der Waals surface area contributed by atoms with Crippen molar-refractivity contribution in [3.8, 4) is 5.75 Å². The zero-order valence-electron chi connectivity index (χ0n) is 21.4. The highest BCUT2D eigenvalue weighted by molar-refractivity contribution is 5.79. The lowest BCUT2D eigenvalue weighted by Crippen LogP contribution is -2.39. The minimum Gasteiger partial charge on any atom is -0.476 e. The molecular formula is C28H34F2N2O4. The van der Waals surface area contributed by atoms with E-state index in [9.17, 15) is 18.4 Å². The number of aromatic nitrogens is 2. The molecule has 0 aliphatic rings. The number of halogens is 2. The lowest BCUT2D eigenvalue weighted by molar-refractivity contribution is -0.158. The molecule has 3 rings (SSSR count). The van der Waals surface area contributed by atoms with Gasteiger partial charge in [0.2, 0.25) is 0 Å². The summed E-state index contributed by atoms with van der Waals surface area (Å²) in [5.41, 5.74) is 1.34. The molecule has 0 radical (unpaired) electrons. The van der Waals surface area contributed by atoms with Gasteiger partial charge in [-0.05, 0) is 81.8 Å². The number of hydrogen-bond acceptors (Lipinski definition) is 4. The van der Waals surface area contributed by atoms with Gasteiger partial charge >= 0.3 is 11.7 Å². The maximum absolute atomic E-state index is 13.6. The molecule has 0 amide bonds. The first-order chi connectivity index (χ1) is 17.1. The van der Waals surface area contributed by atoms with Gasteiger partial charge in [-0.25, -0.2) is 18.4 Å². The average Bonchev–Trinajstić information content (AvgIpc) is 3.12. The van der Waals surface area contributed by atoms with E-state index >= 15 is 0 Å². The Balaban J connectivity index is 1.63. The largest absolute Gasteiger partial charge is 0.476 e. The third kappa shape index (κ3) is 6.83. The van der Waals surface area contributed by atoms with Crippen LogP contribution in [0.2, 0.25) is 0 Å². The molecule has 0 saturated heterocycles. The maximum Gasteiger partial charge on any atom is 0.349 e. The summed E-state index contributed by atoms with van der Waals surface area (Å²) in [6.45, 7) is 8.19. The van der Waals surface area contributed by atoms with Gasteiger partial charge in [0.25, 0.3) is 0 Å². The topological polar surface area (TPSA) is 62.5 Å². The smallest absolute Gasteiger partial charge is 0.349 e. The number of benzene rings is 2. The molecule has 1 aromatic heterocycles. The number of rotatable bonds is 12. The van der Waals surface area contributed by atoms with Crippen molar-refractivity contribution in [1.82, 2.24) is 9.13 Å². The van der Waals surface area contributed by atoms with Gasteiger partial charge in [0.15, 0.2) is 17.2 Å². The van der Waals surface area contributed by atoms with Crippen LogP contribution in [0.1, 0.15) is 57.4 Å². The molecule has 0 bridgehead atoms. The Hall–Kier alpha value is -3.42. The summed E-state index contributed by atoms with van der Waals surface area (Å²) in [6, 6.07) is 11.3. The standard InChI is InChI=1S/C28H34F2N2O4/c1-5-16-32-22(19-31(27(32)34)18-21-12-15-24(29)25(30)17-21)9-7-8-20-10-13-23(14-11-20)36-28(3,4)26(33)35-6-2/h10-15,17,19H,5-9,16,18H2,1-4H3. The molecule has 1 heterocycles. The molecular weight excluding hydrogens is 466 g/mol. The van der Waals surface area contributed by atoms with Crippen LogP contribution < -0.4 is 10.4 Å². The van der Waals surface area contributed by atoms with Gasteiger partial charge in [0, 0.05) is 18.4 Å². The van der Waals surface area contributed by atoms with E-state index in [1.54, 1.807) is 29.9 Å². The minimum absolute atomic E-state index is 0.151. The first kappa shape index (κ1) is 27.2. The third-order valence-corrected chi connectivity index (χ3v) is 5.87. The monoisotopic (exact) mass is 500 g/mol. The number of nitrogens with zero attached hydrogens (tertiary/aromatic N) is 2. The Kier molecular flexibility index (Phi) is 9.07. The SMILES string of the molecule is CCCn1c(CCCc2ccc(OC(C)(C)C(=O)OCC)cc2)cn(Cc2ccc(F)c(F)c2)c1=O. The molecule has 0 spiro atoms. The second kappa shape index (κ2) is 12.0. The van der Waals surface area contributed by atoms with Gasteiger partial charge in [0.05, 0.1) is 13.2 Å². The van der Waals surface area contributed by atoms with E-state index < -0.39 is 23.2 Å². The Bertz CT molecular complexity index is 1230. The fraction of sp³-hybridized carbons (Fsp3) is 0.429. The predicted molar refractivity (Wildman–Crippen MR) is 134 cm³/mol. The van der Waals surface area contributed by atoms with Crippen molar-refractivity contribution in [3.63, 3.8) is 0 Å². The average molecular weight is 501 g/mol. The molecule has 194 valence electrons. The number of esters is 1. The highest BCUT2D eigenvalue weighted by Gasteiger charge is 2.31. The number of ether oxygens (including phenoxy) is 2. The second-order valence-electron chi connectivity index (χ2n) is 9.26. The van der Waals surface area contributed by atoms with Crippen LogP contribution in [0.5, 0.6) is 5.75 Å². The van der Waals surface area contributed by atoms with Gasteiger partial charge in [-0.3, -0.25) is 9.13 Å². The van der Waals surface area contributed by atoms with E-state index in [1.165, 1.54) is 6.07 Å². The van der Waals surface area contributed by atoms with Crippen LogP contribution in [0, 0.1) is 11.6 Å². The van der Waals surface area contributed by atoms with Crippen LogP contribution in [-0.4, -0.2) is 27.3 Å². The number of aryl methyl sites for hydroxylation is 2. The van der Waals surface area contributed by atoms with Crippen LogP contribution in [0.25, 0.3) is 0 Å². The highest BCUT2D eigenvalue weighted by atomic mass is 19.2. The van der Waals surface area contributed by atoms with Crippen molar-refractivity contribution in [2.45, 2.75) is 72.1 Å². The fourth-order valence-corrected chi connectivity index (χ4v) is 4.03. The first-order valence-electron chi connectivity index (χ1n) is 12.3. The van der Waals surface area contributed by atoms with Crippen molar-refractivity contribution in [2.24, 2.45) is 0 Å². The van der Waals surface area contributed by atoms with Crippen molar-refractivity contribution in [2.75, 3.05) is 6.61 Å². The molecule has 8 heteroatoms. The van der Waals surface area contributed by atoms with Gasteiger partial charge in [0.1, 0.15) is 5.75 Å². The fourth-order valence-electron chi connectivity index (χ4n) is 4.03. The maximum atomic E-state index is 13.6. The van der Waals surface area contributed by atoms with Crippen LogP contribution in [0.15, 0.2) is 53.5 Å². The van der Waals surface area contributed by atoms with E-state index in [4.69, 9.17) is 9.47 Å². The molecule has 2 aromatic carbocycles. The molecule has 0 N–H and O–H groups in total. The molecule has 0 atom stereocenters. The minimum atomic E-state index is -1.08. The first-order valence-corrected chi connectivity index (χ1v) is 12.3. The zero-order chi connectivity index (χ0) is 26.3. The Labute approximate surface area is 210 Å². The molecule has 6 nitrogen and oxygen atoms in total. The van der Waals surface area contributed by atoms with Gasteiger partial charge in [-0.2, -0.15) is 0 Å². The van der Waals surface area contributed by atoms with E-state index in [0.29, 0.717) is 30.9 Å². The Morgan fingerprint density at radius 1 is 0.972 bits per heavy atom. The molecule has 0 aliphatic heterocycles. The van der Waals surface area contributed by atoms with Crippen molar-refractivity contribution >= 4 is 5.97 Å². The van der Waals surface area contributed by atoms with Crippen LogP contribution in [0.4, 0.5) is 8.78 Å². The third-order valence-electron chi connectivity index (χ3n) is 5.87. The summed E-state index contributed by atoms with van der Waals surface area (Å²) in [5.74, 6) is -1.65. The number of carbonyl (C=O) groups excluding carboxylic acids is 1. The summed E-state index contributed by atoms with van der Waals surface area (Å²) >= 11 is 0. The lowest BCUT2D eigenvalue weighted by Gasteiger charge is -2.24. The lowest BCUT2D eigenvalue weighted by atomic mass is 10.1. The van der Waals surface area contributed by atoms with Crippen molar-refractivity contribution in [1.29, 1.82) is 0 Å². The number of carbonyl (C=O) groups is 1. The quantitative estimate of drug-likeness (QED) is 0.318. The summed E-state index contributed by atoms with van der Waals surface area (Å²) in [7, 11) is 0. The van der Waals surface area contributed by atoms with Gasteiger partial charge in [-0.1, -0.05) is 25.1 Å². The van der Waals surface area contributed by atoms with E-state index in [0.717, 1.165) is 42.7 Å². The van der Waals surface area contributed by atoms with Crippen LogP contribution in [-0.2, 0) is 35.5 Å². The highest BCUT2D eigenvalue weighted by Crippen LogP contribution is 2.21. The Morgan fingerprint density at radius 3 is 2.31 bits per heavy atom. The normalized spacial score (nSPS) is 11.5. The van der Waals surface area contributed by atoms with Gasteiger partial charge in [-0.15, -0.1) is 0 Å². The summed E-state index contributed by atoms with van der Waals surface area (Å²) in [5, 5.41) is 0. The summed E-state index contributed by atoms with van der Waals surface area (Å²) < 4.78 is 41.0. The summed E-state index contributed by atoms with van der Waals surface area (Å²) in [4.78, 5) is 25.0. The molecule has 3 aromatic rings. The zero-order valence-corrected chi connectivity index (χ0v) is 21.4. The van der Waals surface area contributed by atoms with E-state index in [1.807, 2.05) is 37.4 Å². The molecule has 0 aliphatic carbocycles. The molecule has 0 saturated carbocycles. The van der Waals surface area contributed by atoms with E-state index in [2.05, 4.69) is 0 Å². The molecule has 0 unspecified atom stereocenters.